The standard InChI is InChI=1S/C15H22N4OS/c1-5-6-16-11-7-14(20)19(17-8-11)9-13-18-12(10-21-13)15(2,3)4/h7-8,10,16H,5-6,9H2,1-4H3. The van der Waals surface area contributed by atoms with E-state index in [-0.39, 0.29) is 11.0 Å². The van der Waals surface area contributed by atoms with Gasteiger partial charge in [0, 0.05) is 23.4 Å². The van der Waals surface area contributed by atoms with E-state index in [1.165, 1.54) is 4.68 Å². The van der Waals surface area contributed by atoms with Crippen molar-refractivity contribution in [3.05, 3.63) is 38.7 Å². The minimum absolute atomic E-state index is 0.0288. The first-order valence-corrected chi connectivity index (χ1v) is 8.04. The first-order chi connectivity index (χ1) is 9.90. The van der Waals surface area contributed by atoms with E-state index < -0.39 is 0 Å². The van der Waals surface area contributed by atoms with Gasteiger partial charge in [-0.05, 0) is 6.42 Å². The van der Waals surface area contributed by atoms with Crippen LogP contribution in [-0.2, 0) is 12.0 Å². The van der Waals surface area contributed by atoms with E-state index in [1.807, 2.05) is 0 Å². The second-order valence-corrected chi connectivity index (χ2v) is 6.99. The first kappa shape index (κ1) is 15.7. The Hall–Kier alpha value is -1.69. The van der Waals surface area contributed by atoms with Crippen LogP contribution in [-0.4, -0.2) is 21.3 Å². The zero-order valence-electron chi connectivity index (χ0n) is 13.0. The summed E-state index contributed by atoms with van der Waals surface area (Å²) in [6.07, 6.45) is 2.70. The van der Waals surface area contributed by atoms with Gasteiger partial charge in [-0.1, -0.05) is 27.7 Å². The molecule has 5 nitrogen and oxygen atoms in total. The Morgan fingerprint density at radius 3 is 2.71 bits per heavy atom. The molecule has 6 heteroatoms. The van der Waals surface area contributed by atoms with Crippen molar-refractivity contribution < 1.29 is 0 Å². The highest BCUT2D eigenvalue weighted by Gasteiger charge is 2.17. The van der Waals surface area contributed by atoms with Crippen molar-refractivity contribution in [1.82, 2.24) is 14.8 Å². The average Bonchev–Trinajstić information content (AvgIpc) is 2.88. The van der Waals surface area contributed by atoms with E-state index in [4.69, 9.17) is 0 Å². The van der Waals surface area contributed by atoms with E-state index >= 15 is 0 Å². The molecule has 0 radical (unpaired) electrons. The smallest absolute Gasteiger partial charge is 0.269 e. The number of nitrogens with one attached hydrogen (secondary N) is 1. The van der Waals surface area contributed by atoms with Crippen molar-refractivity contribution in [3.63, 3.8) is 0 Å². The monoisotopic (exact) mass is 306 g/mol. The molecule has 1 N–H and O–H groups in total. The zero-order chi connectivity index (χ0) is 15.5. The highest BCUT2D eigenvalue weighted by molar-refractivity contribution is 7.09. The molecule has 0 saturated heterocycles. The van der Waals surface area contributed by atoms with Crippen molar-refractivity contribution in [3.8, 4) is 0 Å². The molecule has 2 heterocycles. The van der Waals surface area contributed by atoms with E-state index in [0.29, 0.717) is 6.54 Å². The van der Waals surface area contributed by atoms with Crippen LogP contribution in [0.1, 0.15) is 44.8 Å². The maximum absolute atomic E-state index is 12.0. The molecule has 0 aliphatic carbocycles. The second-order valence-electron chi connectivity index (χ2n) is 6.04. The van der Waals surface area contributed by atoms with Crippen molar-refractivity contribution in [1.29, 1.82) is 0 Å². The molecule has 2 rings (SSSR count). The van der Waals surface area contributed by atoms with Crippen LogP contribution >= 0.6 is 11.3 Å². The van der Waals surface area contributed by atoms with Gasteiger partial charge >= 0.3 is 0 Å². The number of anilines is 1. The molecular formula is C15H22N4OS. The van der Waals surface area contributed by atoms with Gasteiger partial charge in [0.05, 0.1) is 24.1 Å². The quantitative estimate of drug-likeness (QED) is 0.923. The van der Waals surface area contributed by atoms with Crippen LogP contribution in [0.15, 0.2) is 22.4 Å². The second kappa shape index (κ2) is 6.39. The third kappa shape index (κ3) is 4.14. The van der Waals surface area contributed by atoms with Gasteiger partial charge in [-0.3, -0.25) is 4.79 Å². The Labute approximate surface area is 129 Å². The number of aromatic nitrogens is 3. The summed E-state index contributed by atoms with van der Waals surface area (Å²) < 4.78 is 1.45. The van der Waals surface area contributed by atoms with Crippen LogP contribution in [0, 0.1) is 0 Å². The van der Waals surface area contributed by atoms with Crippen LogP contribution in [0.5, 0.6) is 0 Å². The summed E-state index contributed by atoms with van der Waals surface area (Å²) in [7, 11) is 0. The minimum atomic E-state index is -0.108. The Kier molecular flexibility index (Phi) is 4.77. The molecule has 0 spiro atoms. The summed E-state index contributed by atoms with van der Waals surface area (Å²) in [5.41, 5.74) is 1.74. The molecule has 114 valence electrons. The van der Waals surface area contributed by atoms with E-state index in [9.17, 15) is 4.79 Å². The Bertz CT molecular complexity index is 654. The first-order valence-electron chi connectivity index (χ1n) is 7.16. The molecule has 0 atom stereocenters. The number of hydrogen-bond acceptors (Lipinski definition) is 5. The molecule has 0 fully saturated rings. The van der Waals surface area contributed by atoms with Gasteiger partial charge in [0.1, 0.15) is 5.01 Å². The molecule has 0 aliphatic rings. The highest BCUT2D eigenvalue weighted by Crippen LogP contribution is 2.23. The third-order valence-corrected chi connectivity index (χ3v) is 3.89. The largest absolute Gasteiger partial charge is 0.384 e. The number of nitrogens with zero attached hydrogens (tertiary/aromatic N) is 3. The fraction of sp³-hybridized carbons (Fsp3) is 0.533. The minimum Gasteiger partial charge on any atom is -0.384 e. The molecule has 0 amide bonds. The number of rotatable bonds is 5. The Morgan fingerprint density at radius 1 is 1.38 bits per heavy atom. The van der Waals surface area contributed by atoms with Crippen LogP contribution in [0.25, 0.3) is 0 Å². The predicted molar refractivity (Wildman–Crippen MR) is 87.2 cm³/mol. The third-order valence-electron chi connectivity index (χ3n) is 3.05. The fourth-order valence-corrected chi connectivity index (χ4v) is 2.78. The van der Waals surface area contributed by atoms with Crippen molar-refractivity contribution in [2.45, 2.75) is 46.1 Å². The van der Waals surface area contributed by atoms with E-state index in [0.717, 1.165) is 29.4 Å². The van der Waals surface area contributed by atoms with Gasteiger partial charge in [-0.25, -0.2) is 9.67 Å². The summed E-state index contributed by atoms with van der Waals surface area (Å²) in [4.78, 5) is 16.6. The summed E-state index contributed by atoms with van der Waals surface area (Å²) in [6, 6.07) is 1.58. The molecular weight excluding hydrogens is 284 g/mol. The summed E-state index contributed by atoms with van der Waals surface area (Å²) in [5, 5.41) is 10.3. The molecule has 0 unspecified atom stereocenters. The summed E-state index contributed by atoms with van der Waals surface area (Å²) in [6.45, 7) is 9.73. The molecule has 2 aromatic heterocycles. The van der Waals surface area contributed by atoms with Gasteiger partial charge in [0.2, 0.25) is 0 Å². The lowest BCUT2D eigenvalue weighted by atomic mass is 9.93. The van der Waals surface area contributed by atoms with Crippen molar-refractivity contribution in [2.75, 3.05) is 11.9 Å². The van der Waals surface area contributed by atoms with E-state index in [2.05, 4.69) is 48.5 Å². The Morgan fingerprint density at radius 2 is 2.14 bits per heavy atom. The molecule has 0 bridgehead atoms. The van der Waals surface area contributed by atoms with Gasteiger partial charge in [0.25, 0.3) is 5.56 Å². The lowest BCUT2D eigenvalue weighted by Crippen LogP contribution is -2.23. The lowest BCUT2D eigenvalue weighted by Gasteiger charge is -2.14. The number of thiazole rings is 1. The normalized spacial score (nSPS) is 11.6. The molecule has 0 aliphatic heterocycles. The maximum atomic E-state index is 12.0. The van der Waals surface area contributed by atoms with Gasteiger partial charge in [-0.15, -0.1) is 11.3 Å². The average molecular weight is 306 g/mol. The van der Waals surface area contributed by atoms with Crippen LogP contribution in [0.2, 0.25) is 0 Å². The number of hydrogen-bond donors (Lipinski definition) is 1. The SMILES string of the molecule is CCCNc1cnn(Cc2nc(C(C)(C)C)cs2)c(=O)c1. The molecule has 0 aromatic carbocycles. The molecule has 0 saturated carbocycles. The Balaban J connectivity index is 2.13. The summed E-state index contributed by atoms with van der Waals surface area (Å²) in [5.74, 6) is 0. The zero-order valence-corrected chi connectivity index (χ0v) is 13.8. The van der Waals surface area contributed by atoms with Crippen molar-refractivity contribution in [2.24, 2.45) is 0 Å². The van der Waals surface area contributed by atoms with E-state index in [1.54, 1.807) is 23.6 Å². The highest BCUT2D eigenvalue weighted by atomic mass is 32.1. The maximum Gasteiger partial charge on any atom is 0.269 e. The molecule has 2 aromatic rings. The van der Waals surface area contributed by atoms with Crippen LogP contribution in [0.3, 0.4) is 0 Å². The molecule has 21 heavy (non-hydrogen) atoms. The van der Waals surface area contributed by atoms with Crippen LogP contribution < -0.4 is 10.9 Å². The van der Waals surface area contributed by atoms with Gasteiger partial charge < -0.3 is 5.32 Å². The van der Waals surface area contributed by atoms with Gasteiger partial charge in [0.15, 0.2) is 0 Å². The lowest BCUT2D eigenvalue weighted by molar-refractivity contribution is 0.565. The van der Waals surface area contributed by atoms with Crippen LogP contribution in [0.4, 0.5) is 5.69 Å². The van der Waals surface area contributed by atoms with Gasteiger partial charge in [-0.2, -0.15) is 5.10 Å². The summed E-state index contributed by atoms with van der Waals surface area (Å²) >= 11 is 1.57. The van der Waals surface area contributed by atoms with Crippen molar-refractivity contribution >= 4 is 17.0 Å². The fourth-order valence-electron chi connectivity index (χ4n) is 1.77. The topological polar surface area (TPSA) is 59.8 Å². The predicted octanol–water partition coefficient (Wildman–Crippen LogP) is 2.87.